The Bertz CT molecular complexity index is 2850. The van der Waals surface area contributed by atoms with Crippen LogP contribution in [0.3, 0.4) is 0 Å². The maximum absolute atomic E-state index is 6.61. The van der Waals surface area contributed by atoms with Crippen LogP contribution in [0.1, 0.15) is 45.9 Å². The van der Waals surface area contributed by atoms with Crippen LogP contribution in [0.25, 0.3) is 44.8 Å². The van der Waals surface area contributed by atoms with Gasteiger partial charge >= 0.3 is 0 Å². The third-order valence-corrected chi connectivity index (χ3v) is 11.4. The Hall–Kier alpha value is -7.43. The summed E-state index contributed by atoms with van der Waals surface area (Å²) in [6.07, 6.45) is 1.81. The number of amidine groups is 1. The van der Waals surface area contributed by atoms with Gasteiger partial charge in [0.1, 0.15) is 11.5 Å². The number of pyridine rings is 1. The monoisotopic (exact) mass is 731 g/mol. The summed E-state index contributed by atoms with van der Waals surface area (Å²) >= 11 is 0. The zero-order valence-electron chi connectivity index (χ0n) is 31.4. The largest absolute Gasteiger partial charge is 0.457 e. The molecular formula is C53H37N3O. The van der Waals surface area contributed by atoms with Crippen LogP contribution in [-0.4, -0.2) is 17.5 Å². The van der Waals surface area contributed by atoms with Gasteiger partial charge in [0.05, 0.1) is 16.8 Å². The lowest BCUT2D eigenvalue weighted by Crippen LogP contribution is -2.32. The summed E-state index contributed by atoms with van der Waals surface area (Å²) in [7, 11) is 0. The topological polar surface area (TPSA) is 46.8 Å². The van der Waals surface area contributed by atoms with Crippen LogP contribution in [-0.2, 0) is 5.41 Å². The highest BCUT2D eigenvalue weighted by molar-refractivity contribution is 6.09. The lowest BCUT2D eigenvalue weighted by atomic mass is 9.66. The molecule has 1 spiro atoms. The molecule has 0 fully saturated rings. The minimum absolute atomic E-state index is 0.538. The Balaban J connectivity index is 1.25. The fraction of sp³-hybridized carbons (Fsp3) is 0.0377. The Kier molecular flexibility index (Phi) is 8.38. The van der Waals surface area contributed by atoms with Crippen molar-refractivity contribution in [2.75, 3.05) is 0 Å². The molecular weight excluding hydrogens is 695 g/mol. The molecule has 0 unspecified atom stereocenters. The third kappa shape index (κ3) is 5.49. The minimum Gasteiger partial charge on any atom is -0.457 e. The molecule has 4 nitrogen and oxygen atoms in total. The first-order valence-corrected chi connectivity index (χ1v) is 19.2. The van der Waals surface area contributed by atoms with Crippen molar-refractivity contribution >= 4 is 23.8 Å². The Morgan fingerprint density at radius 1 is 0.526 bits per heavy atom. The number of allylic oxidation sites excluding steroid dienone is 1. The molecule has 10 rings (SSSR count). The zero-order valence-corrected chi connectivity index (χ0v) is 31.4. The van der Waals surface area contributed by atoms with Crippen molar-refractivity contribution in [1.82, 2.24) is 4.98 Å². The number of benzene rings is 7. The molecule has 0 atom stereocenters. The van der Waals surface area contributed by atoms with E-state index in [1.54, 1.807) is 0 Å². The minimum atomic E-state index is -0.581. The van der Waals surface area contributed by atoms with Crippen molar-refractivity contribution in [2.45, 2.75) is 12.3 Å². The summed E-state index contributed by atoms with van der Waals surface area (Å²) in [6, 6.07) is 65.7. The molecule has 57 heavy (non-hydrogen) atoms. The maximum atomic E-state index is 6.61. The van der Waals surface area contributed by atoms with Gasteiger partial charge < -0.3 is 4.74 Å². The maximum Gasteiger partial charge on any atom is 0.159 e. The predicted molar refractivity (Wildman–Crippen MR) is 234 cm³/mol. The molecule has 0 amide bonds. The first kappa shape index (κ1) is 34.1. The SMILES string of the molecule is C=NC(=N/C(=C(\C)c1cccc2c1-c1ccccc1C21c2ccccc2Oc2ccccc21)c1ccccc1-c1ccccc1)c1ccc(-c2ccccn2)cc1. The van der Waals surface area contributed by atoms with Gasteiger partial charge in [0.2, 0.25) is 0 Å². The van der Waals surface area contributed by atoms with Gasteiger partial charge in [-0.15, -0.1) is 0 Å². The fourth-order valence-electron chi connectivity index (χ4n) is 8.87. The predicted octanol–water partition coefficient (Wildman–Crippen LogP) is 12.9. The van der Waals surface area contributed by atoms with E-state index in [0.29, 0.717) is 5.84 Å². The molecule has 0 saturated heterocycles. The average molecular weight is 732 g/mol. The number of nitrogens with zero attached hydrogens (tertiary/aromatic N) is 3. The molecule has 0 radical (unpaired) electrons. The van der Waals surface area contributed by atoms with Crippen molar-refractivity contribution < 1.29 is 4.74 Å². The van der Waals surface area contributed by atoms with Crippen LogP contribution in [0.4, 0.5) is 0 Å². The lowest BCUT2D eigenvalue weighted by Gasteiger charge is -2.39. The Morgan fingerprint density at radius 3 is 1.82 bits per heavy atom. The highest BCUT2D eigenvalue weighted by Gasteiger charge is 2.51. The van der Waals surface area contributed by atoms with Gasteiger partial charge in [-0.2, -0.15) is 0 Å². The third-order valence-electron chi connectivity index (χ3n) is 11.4. The van der Waals surface area contributed by atoms with E-state index in [0.717, 1.165) is 73.0 Å². The summed E-state index contributed by atoms with van der Waals surface area (Å²) in [4.78, 5) is 14.6. The van der Waals surface area contributed by atoms with Crippen LogP contribution >= 0.6 is 0 Å². The van der Waals surface area contributed by atoms with Crippen molar-refractivity contribution in [3.63, 3.8) is 0 Å². The van der Waals surface area contributed by atoms with E-state index in [9.17, 15) is 0 Å². The quantitative estimate of drug-likeness (QED) is 0.0971. The molecule has 0 saturated carbocycles. The van der Waals surface area contributed by atoms with Crippen molar-refractivity contribution in [3.8, 4) is 45.0 Å². The summed E-state index contributed by atoms with van der Waals surface area (Å²) in [5, 5.41) is 0. The summed E-state index contributed by atoms with van der Waals surface area (Å²) < 4.78 is 6.61. The second kappa shape index (κ2) is 14.0. The molecule has 8 aromatic rings. The van der Waals surface area contributed by atoms with Gasteiger partial charge in [-0.1, -0.05) is 164 Å². The number of rotatable bonds is 6. The number of para-hydroxylation sites is 2. The van der Waals surface area contributed by atoms with Crippen molar-refractivity contribution in [3.05, 3.63) is 233 Å². The van der Waals surface area contributed by atoms with E-state index in [1.165, 1.54) is 22.3 Å². The summed E-state index contributed by atoms with van der Waals surface area (Å²) in [5.41, 5.74) is 15.5. The Morgan fingerprint density at radius 2 is 1.12 bits per heavy atom. The summed E-state index contributed by atoms with van der Waals surface area (Å²) in [5.74, 6) is 2.28. The van der Waals surface area contributed by atoms with Crippen molar-refractivity contribution in [2.24, 2.45) is 9.98 Å². The van der Waals surface area contributed by atoms with Crippen LogP contribution in [0.2, 0.25) is 0 Å². The van der Waals surface area contributed by atoms with Crippen LogP contribution < -0.4 is 4.74 Å². The van der Waals surface area contributed by atoms with E-state index in [4.69, 9.17) is 9.73 Å². The second-order valence-corrected chi connectivity index (χ2v) is 14.4. The molecule has 1 aliphatic carbocycles. The second-order valence-electron chi connectivity index (χ2n) is 14.4. The first-order valence-electron chi connectivity index (χ1n) is 19.2. The molecule has 1 aromatic heterocycles. The van der Waals surface area contributed by atoms with E-state index >= 15 is 0 Å². The lowest BCUT2D eigenvalue weighted by molar-refractivity contribution is 0.436. The van der Waals surface area contributed by atoms with Gasteiger partial charge in [0, 0.05) is 34.0 Å². The highest BCUT2D eigenvalue weighted by Crippen LogP contribution is 2.63. The van der Waals surface area contributed by atoms with Gasteiger partial charge in [0.25, 0.3) is 0 Å². The van der Waals surface area contributed by atoms with E-state index in [2.05, 4.69) is 175 Å². The Labute approximate surface area is 332 Å². The molecule has 0 N–H and O–H groups in total. The normalized spacial score (nSPS) is 13.7. The number of fused-ring (bicyclic) bond motifs is 9. The summed E-state index contributed by atoms with van der Waals surface area (Å²) in [6.45, 7) is 6.23. The van der Waals surface area contributed by atoms with Crippen LogP contribution in [0.5, 0.6) is 11.5 Å². The van der Waals surface area contributed by atoms with Crippen molar-refractivity contribution in [1.29, 1.82) is 0 Å². The smallest absolute Gasteiger partial charge is 0.159 e. The van der Waals surface area contributed by atoms with Crippen LogP contribution in [0.15, 0.2) is 204 Å². The molecule has 4 heteroatoms. The number of ether oxygens (including phenoxy) is 1. The number of aliphatic imine (C=N–C) groups is 2. The highest BCUT2D eigenvalue weighted by atomic mass is 16.5. The van der Waals surface area contributed by atoms with E-state index in [-0.39, 0.29) is 0 Å². The molecule has 2 heterocycles. The fourth-order valence-corrected chi connectivity index (χ4v) is 8.87. The number of aromatic nitrogens is 1. The van der Waals surface area contributed by atoms with Gasteiger partial charge in [-0.25, -0.2) is 9.98 Å². The molecule has 2 aliphatic rings. The van der Waals surface area contributed by atoms with Crippen LogP contribution in [0, 0.1) is 0 Å². The van der Waals surface area contributed by atoms with Gasteiger partial charge in [0.15, 0.2) is 5.84 Å². The first-order chi connectivity index (χ1) is 28.2. The standard InChI is InChI=1S/C53H37N3O/c1-35(39-22-16-26-46-50(39)42-21-8-9-23-43(42)53(46)44-24-10-12-28-48(44)57-49-29-13-11-25-45(49)53)51(41-20-7-6-19-40(41)36-17-4-3-5-18-36)56-52(54-2)38-32-30-37(31-33-38)47-27-14-15-34-55-47/h3-34H,2H2,1H3/b51-35+,56-52?. The number of hydrogen-bond acceptors (Lipinski definition) is 3. The molecule has 1 aliphatic heterocycles. The zero-order chi connectivity index (χ0) is 38.3. The van der Waals surface area contributed by atoms with Gasteiger partial charge in [-0.3, -0.25) is 4.98 Å². The molecule has 270 valence electrons. The molecule has 7 aromatic carbocycles. The molecule has 0 bridgehead atoms. The van der Waals surface area contributed by atoms with E-state index in [1.807, 2.05) is 42.6 Å². The van der Waals surface area contributed by atoms with E-state index < -0.39 is 5.41 Å². The number of hydrogen-bond donors (Lipinski definition) is 0. The van der Waals surface area contributed by atoms with Gasteiger partial charge in [-0.05, 0) is 82.4 Å². The average Bonchev–Trinajstić information content (AvgIpc) is 3.58.